The minimum Gasteiger partial charge on any atom is -0.455 e. The van der Waals surface area contributed by atoms with E-state index in [0.717, 1.165) is 11.1 Å². The van der Waals surface area contributed by atoms with Gasteiger partial charge in [0.2, 0.25) is 0 Å². The molecule has 0 aliphatic heterocycles. The third-order valence-electron chi connectivity index (χ3n) is 3.02. The van der Waals surface area contributed by atoms with Crippen LogP contribution in [0.3, 0.4) is 0 Å². The van der Waals surface area contributed by atoms with E-state index in [1.807, 2.05) is 42.5 Å². The van der Waals surface area contributed by atoms with Crippen molar-refractivity contribution in [3.63, 3.8) is 0 Å². The molecule has 0 spiro atoms. The second kappa shape index (κ2) is 5.24. The van der Waals surface area contributed by atoms with Crippen molar-refractivity contribution >= 4 is 11.6 Å². The molecule has 1 aromatic heterocycles. The van der Waals surface area contributed by atoms with Crippen LogP contribution in [0.1, 0.15) is 5.56 Å². The summed E-state index contributed by atoms with van der Waals surface area (Å²) in [6.45, 7) is 0. The van der Waals surface area contributed by atoms with Crippen molar-refractivity contribution in [2.24, 2.45) is 0 Å². The molecule has 2 nitrogen and oxygen atoms in total. The smallest absolute Gasteiger partial charge is 0.152 e. The maximum atomic E-state index is 9.26. The van der Waals surface area contributed by atoms with Crippen LogP contribution in [0.5, 0.6) is 0 Å². The number of furan rings is 1. The Balaban J connectivity index is 2.11. The molecule has 3 rings (SSSR count). The Morgan fingerprint density at radius 1 is 0.900 bits per heavy atom. The predicted molar refractivity (Wildman–Crippen MR) is 79.3 cm³/mol. The molecule has 0 amide bonds. The highest BCUT2D eigenvalue weighted by atomic mass is 35.5. The van der Waals surface area contributed by atoms with Crippen molar-refractivity contribution in [1.29, 1.82) is 5.26 Å². The second-order valence-electron chi connectivity index (χ2n) is 4.34. The first-order valence-corrected chi connectivity index (χ1v) is 6.51. The van der Waals surface area contributed by atoms with Crippen molar-refractivity contribution in [3.8, 4) is 28.7 Å². The maximum Gasteiger partial charge on any atom is 0.152 e. The number of rotatable bonds is 2. The van der Waals surface area contributed by atoms with Gasteiger partial charge in [-0.25, -0.2) is 0 Å². The summed E-state index contributed by atoms with van der Waals surface area (Å²) in [5.41, 5.74) is 2.31. The Kier molecular flexibility index (Phi) is 3.28. The van der Waals surface area contributed by atoms with Gasteiger partial charge in [-0.3, -0.25) is 0 Å². The van der Waals surface area contributed by atoms with Crippen molar-refractivity contribution in [2.75, 3.05) is 0 Å². The molecule has 0 N–H and O–H groups in total. The molecule has 2 aromatic carbocycles. The zero-order chi connectivity index (χ0) is 13.9. The molecule has 1 heterocycles. The predicted octanol–water partition coefficient (Wildman–Crippen LogP) is 5.14. The number of hydrogen-bond donors (Lipinski definition) is 0. The third kappa shape index (κ3) is 2.32. The fourth-order valence-corrected chi connectivity index (χ4v) is 2.16. The van der Waals surface area contributed by atoms with E-state index in [2.05, 4.69) is 6.07 Å². The van der Waals surface area contributed by atoms with E-state index < -0.39 is 0 Å². The number of nitriles is 1. The molecule has 20 heavy (non-hydrogen) atoms. The number of halogens is 1. The van der Waals surface area contributed by atoms with Gasteiger partial charge in [0.25, 0.3) is 0 Å². The van der Waals surface area contributed by atoms with E-state index in [0.29, 0.717) is 22.1 Å². The first-order chi connectivity index (χ1) is 9.78. The van der Waals surface area contributed by atoms with Crippen LogP contribution in [0, 0.1) is 11.3 Å². The highest BCUT2D eigenvalue weighted by molar-refractivity contribution is 6.30. The minimum atomic E-state index is 0.520. The van der Waals surface area contributed by atoms with E-state index >= 15 is 0 Å². The first-order valence-electron chi connectivity index (χ1n) is 6.13. The van der Waals surface area contributed by atoms with Gasteiger partial charge in [-0.2, -0.15) is 5.26 Å². The van der Waals surface area contributed by atoms with Crippen LogP contribution in [0.15, 0.2) is 65.1 Å². The molecule has 96 valence electrons. The summed E-state index contributed by atoms with van der Waals surface area (Å²) < 4.78 is 5.85. The topological polar surface area (TPSA) is 36.9 Å². The fraction of sp³-hybridized carbons (Fsp3) is 0. The van der Waals surface area contributed by atoms with Crippen LogP contribution in [-0.4, -0.2) is 0 Å². The summed E-state index contributed by atoms with van der Waals surface area (Å²) >= 11 is 5.88. The first kappa shape index (κ1) is 12.5. The van der Waals surface area contributed by atoms with Gasteiger partial charge in [-0.1, -0.05) is 41.9 Å². The number of benzene rings is 2. The number of hydrogen-bond acceptors (Lipinski definition) is 2. The van der Waals surface area contributed by atoms with Gasteiger partial charge in [0.15, 0.2) is 5.76 Å². The average molecular weight is 280 g/mol. The molecule has 3 heteroatoms. The lowest BCUT2D eigenvalue weighted by Gasteiger charge is -1.99. The Bertz CT molecular complexity index is 767. The monoisotopic (exact) mass is 279 g/mol. The van der Waals surface area contributed by atoms with Crippen molar-refractivity contribution in [3.05, 3.63) is 71.2 Å². The number of nitrogens with zero attached hydrogens (tertiary/aromatic N) is 1. The maximum absolute atomic E-state index is 9.26. The Labute approximate surface area is 121 Å². The zero-order valence-corrected chi connectivity index (χ0v) is 11.3. The molecule has 0 fully saturated rings. The lowest BCUT2D eigenvalue weighted by molar-refractivity contribution is 0.597. The highest BCUT2D eigenvalue weighted by Gasteiger charge is 2.13. The van der Waals surface area contributed by atoms with Gasteiger partial charge in [0, 0.05) is 22.2 Å². The van der Waals surface area contributed by atoms with Gasteiger partial charge < -0.3 is 4.42 Å². The van der Waals surface area contributed by atoms with Gasteiger partial charge in [-0.15, -0.1) is 0 Å². The van der Waals surface area contributed by atoms with Crippen LogP contribution in [0.4, 0.5) is 0 Å². The molecule has 0 atom stereocenters. The molecule has 0 saturated heterocycles. The molecule has 3 aromatic rings. The van der Waals surface area contributed by atoms with Crippen LogP contribution < -0.4 is 0 Å². The molecule has 0 bridgehead atoms. The summed E-state index contributed by atoms with van der Waals surface area (Å²) in [6.07, 6.45) is 0. The molecule has 0 unspecified atom stereocenters. The Morgan fingerprint density at radius 2 is 1.60 bits per heavy atom. The molecular weight excluding hydrogens is 270 g/mol. The Hall–Kier alpha value is -2.50. The fourth-order valence-electron chi connectivity index (χ4n) is 2.03. The summed E-state index contributed by atoms with van der Waals surface area (Å²) in [5.74, 6) is 1.26. The highest BCUT2D eigenvalue weighted by Crippen LogP contribution is 2.32. The van der Waals surface area contributed by atoms with Gasteiger partial charge in [0.05, 0.1) is 5.56 Å². The van der Waals surface area contributed by atoms with Crippen LogP contribution in [-0.2, 0) is 0 Å². The Morgan fingerprint density at radius 3 is 2.25 bits per heavy atom. The van der Waals surface area contributed by atoms with Gasteiger partial charge in [-0.05, 0) is 24.3 Å². The van der Waals surface area contributed by atoms with Gasteiger partial charge >= 0.3 is 0 Å². The lowest BCUT2D eigenvalue weighted by atomic mass is 10.1. The average Bonchev–Trinajstić information content (AvgIpc) is 2.93. The minimum absolute atomic E-state index is 0.520. The summed E-state index contributed by atoms with van der Waals surface area (Å²) in [5, 5.41) is 9.91. The zero-order valence-electron chi connectivity index (χ0n) is 10.5. The molecular formula is C17H10ClNO. The second-order valence-corrected chi connectivity index (χ2v) is 4.77. The molecule has 0 aliphatic rings. The summed E-state index contributed by atoms with van der Waals surface area (Å²) in [4.78, 5) is 0. The SMILES string of the molecule is N#Cc1cc(-c2ccccc2)oc1-c1ccc(Cl)cc1. The summed E-state index contributed by atoms with van der Waals surface area (Å²) in [6, 6.07) is 20.9. The van der Waals surface area contributed by atoms with E-state index in [9.17, 15) is 5.26 Å². The van der Waals surface area contributed by atoms with Crippen molar-refractivity contribution in [1.82, 2.24) is 0 Å². The van der Waals surface area contributed by atoms with E-state index in [1.54, 1.807) is 18.2 Å². The van der Waals surface area contributed by atoms with Crippen LogP contribution in [0.2, 0.25) is 5.02 Å². The van der Waals surface area contributed by atoms with Crippen LogP contribution in [0.25, 0.3) is 22.6 Å². The molecule has 0 saturated carbocycles. The normalized spacial score (nSPS) is 10.2. The largest absolute Gasteiger partial charge is 0.455 e. The molecule has 0 aliphatic carbocycles. The van der Waals surface area contributed by atoms with Crippen molar-refractivity contribution < 1.29 is 4.42 Å². The van der Waals surface area contributed by atoms with E-state index in [4.69, 9.17) is 16.0 Å². The summed E-state index contributed by atoms with van der Waals surface area (Å²) in [7, 11) is 0. The lowest BCUT2D eigenvalue weighted by Crippen LogP contribution is -1.77. The van der Waals surface area contributed by atoms with E-state index in [-0.39, 0.29) is 0 Å². The van der Waals surface area contributed by atoms with Gasteiger partial charge in [0.1, 0.15) is 11.8 Å². The van der Waals surface area contributed by atoms with E-state index in [1.165, 1.54) is 0 Å². The quantitative estimate of drug-likeness (QED) is 0.651. The van der Waals surface area contributed by atoms with Crippen LogP contribution >= 0.6 is 11.6 Å². The standard InChI is InChI=1S/C17H10ClNO/c18-15-8-6-13(7-9-15)17-14(11-19)10-16(20-17)12-4-2-1-3-5-12/h1-10H. The van der Waals surface area contributed by atoms with Crippen molar-refractivity contribution in [2.45, 2.75) is 0 Å². The molecule has 0 radical (unpaired) electrons. The third-order valence-corrected chi connectivity index (χ3v) is 3.27.